The van der Waals surface area contributed by atoms with Gasteiger partial charge in [-0.1, -0.05) is 18.2 Å². The van der Waals surface area contributed by atoms with Gasteiger partial charge in [0.15, 0.2) is 0 Å². The molecular weight excluding hydrogens is 340 g/mol. The van der Waals surface area contributed by atoms with E-state index >= 15 is 0 Å². The summed E-state index contributed by atoms with van der Waals surface area (Å²) in [6, 6.07) is 8.11. The average Bonchev–Trinajstić information content (AvgIpc) is 2.60. The summed E-state index contributed by atoms with van der Waals surface area (Å²) < 4.78 is 37.3. The van der Waals surface area contributed by atoms with E-state index in [4.69, 9.17) is 9.47 Å². The van der Waals surface area contributed by atoms with E-state index in [0.29, 0.717) is 13.2 Å². The van der Waals surface area contributed by atoms with Crippen LogP contribution in [0.3, 0.4) is 0 Å². The molecule has 140 valence electrons. The molecule has 6 nitrogen and oxygen atoms in total. The number of para-hydroxylation sites is 1. The van der Waals surface area contributed by atoms with Gasteiger partial charge in [0.1, 0.15) is 5.75 Å². The zero-order valence-corrected chi connectivity index (χ0v) is 15.8. The van der Waals surface area contributed by atoms with Crippen molar-refractivity contribution in [2.45, 2.75) is 31.9 Å². The molecule has 2 aliphatic heterocycles. The van der Waals surface area contributed by atoms with Gasteiger partial charge in [-0.25, -0.2) is 13.1 Å². The fourth-order valence-electron chi connectivity index (χ4n) is 3.63. The molecule has 2 fully saturated rings. The van der Waals surface area contributed by atoms with Crippen LogP contribution < -0.4 is 9.46 Å². The summed E-state index contributed by atoms with van der Waals surface area (Å²) >= 11 is 0. The van der Waals surface area contributed by atoms with Gasteiger partial charge < -0.3 is 9.47 Å². The molecule has 0 aromatic heterocycles. The van der Waals surface area contributed by atoms with Crippen LogP contribution >= 0.6 is 0 Å². The molecule has 0 amide bonds. The second kappa shape index (κ2) is 7.61. The molecule has 2 saturated heterocycles. The van der Waals surface area contributed by atoms with E-state index in [1.54, 1.807) is 14.0 Å². The number of nitrogens with zero attached hydrogens (tertiary/aromatic N) is 1. The minimum atomic E-state index is -3.11. The first kappa shape index (κ1) is 18.6. The van der Waals surface area contributed by atoms with Gasteiger partial charge in [-0.05, 0) is 31.7 Å². The summed E-state index contributed by atoms with van der Waals surface area (Å²) in [6.45, 7) is 5.50. The second-order valence-electron chi connectivity index (χ2n) is 7.11. The van der Waals surface area contributed by atoms with Crippen LogP contribution in [0, 0.1) is 5.92 Å². The van der Waals surface area contributed by atoms with E-state index in [9.17, 15) is 8.42 Å². The van der Waals surface area contributed by atoms with E-state index in [-0.39, 0.29) is 17.3 Å². The van der Waals surface area contributed by atoms with Gasteiger partial charge in [0, 0.05) is 31.7 Å². The SMILES string of the molecule is CCS(=O)(=O)NC[C@H]1CCC2(CN(Cc3ccccc3OC)C2)OC1. The zero-order valence-electron chi connectivity index (χ0n) is 15.0. The molecule has 1 N–H and O–H groups in total. The lowest BCUT2D eigenvalue weighted by Crippen LogP contribution is -2.64. The van der Waals surface area contributed by atoms with Crippen LogP contribution in [-0.4, -0.2) is 58.0 Å². The van der Waals surface area contributed by atoms with Gasteiger partial charge in [0.05, 0.1) is 25.1 Å². The monoisotopic (exact) mass is 368 g/mol. The molecule has 1 aromatic rings. The van der Waals surface area contributed by atoms with Gasteiger partial charge in [-0.15, -0.1) is 0 Å². The Morgan fingerprint density at radius 3 is 2.76 bits per heavy atom. The molecular formula is C18H28N2O4S. The van der Waals surface area contributed by atoms with Crippen LogP contribution in [0.15, 0.2) is 24.3 Å². The molecule has 0 aliphatic carbocycles. The van der Waals surface area contributed by atoms with E-state index in [0.717, 1.165) is 38.2 Å². The lowest BCUT2D eigenvalue weighted by Gasteiger charge is -2.53. The maximum atomic E-state index is 11.5. The maximum absolute atomic E-state index is 11.5. The predicted octanol–water partition coefficient (Wildman–Crippen LogP) is 1.62. The summed E-state index contributed by atoms with van der Waals surface area (Å²) in [6.07, 6.45) is 2.00. The molecule has 7 heteroatoms. The number of nitrogens with one attached hydrogen (secondary N) is 1. The van der Waals surface area contributed by atoms with Gasteiger partial charge in [0.25, 0.3) is 0 Å². The minimum absolute atomic E-state index is 0.0395. The first-order chi connectivity index (χ1) is 12.0. The van der Waals surface area contributed by atoms with Gasteiger partial charge >= 0.3 is 0 Å². The Kier molecular flexibility index (Phi) is 5.68. The van der Waals surface area contributed by atoms with Crippen molar-refractivity contribution in [2.75, 3.05) is 39.1 Å². The normalized spacial score (nSPS) is 23.4. The van der Waals surface area contributed by atoms with Crippen LogP contribution in [0.2, 0.25) is 0 Å². The average molecular weight is 368 g/mol. The van der Waals surface area contributed by atoms with E-state index < -0.39 is 10.0 Å². The summed E-state index contributed by atoms with van der Waals surface area (Å²) in [5, 5.41) is 0. The Bertz CT molecular complexity index is 676. The van der Waals surface area contributed by atoms with Crippen molar-refractivity contribution in [1.29, 1.82) is 0 Å². The molecule has 0 unspecified atom stereocenters. The van der Waals surface area contributed by atoms with Gasteiger partial charge in [0.2, 0.25) is 10.0 Å². The molecule has 25 heavy (non-hydrogen) atoms. The fourth-order valence-corrected chi connectivity index (χ4v) is 4.32. The van der Waals surface area contributed by atoms with Crippen molar-refractivity contribution in [1.82, 2.24) is 9.62 Å². The zero-order chi connectivity index (χ0) is 17.9. The first-order valence-corrected chi connectivity index (χ1v) is 10.6. The minimum Gasteiger partial charge on any atom is -0.496 e. The molecule has 1 atom stereocenters. The Labute approximate surface area is 150 Å². The highest BCUT2D eigenvalue weighted by molar-refractivity contribution is 7.89. The van der Waals surface area contributed by atoms with Crippen LogP contribution in [-0.2, 0) is 21.3 Å². The number of methoxy groups -OCH3 is 1. The van der Waals surface area contributed by atoms with Crippen LogP contribution in [0.25, 0.3) is 0 Å². The largest absolute Gasteiger partial charge is 0.496 e. The van der Waals surface area contributed by atoms with E-state index in [2.05, 4.69) is 15.7 Å². The molecule has 2 aliphatic rings. The number of hydrogen-bond acceptors (Lipinski definition) is 5. The quantitative estimate of drug-likeness (QED) is 0.792. The van der Waals surface area contributed by atoms with Crippen molar-refractivity contribution in [3.8, 4) is 5.75 Å². The van der Waals surface area contributed by atoms with E-state index in [1.807, 2.05) is 18.2 Å². The second-order valence-corrected chi connectivity index (χ2v) is 9.20. The van der Waals surface area contributed by atoms with Crippen LogP contribution in [0.5, 0.6) is 5.75 Å². The standard InChI is InChI=1S/C18H28N2O4S/c1-3-25(21,22)19-10-15-8-9-18(24-12-15)13-20(14-18)11-16-6-4-5-7-17(16)23-2/h4-7,15,19H,3,8-14H2,1-2H3/t15-/m1/s1. The Balaban J connectivity index is 1.44. The van der Waals surface area contributed by atoms with Gasteiger partial charge in [-0.2, -0.15) is 0 Å². The maximum Gasteiger partial charge on any atom is 0.211 e. The number of benzene rings is 1. The Morgan fingerprint density at radius 1 is 1.36 bits per heavy atom. The molecule has 0 bridgehead atoms. The third kappa shape index (κ3) is 4.53. The lowest BCUT2D eigenvalue weighted by atomic mass is 9.83. The summed E-state index contributed by atoms with van der Waals surface area (Å²) in [5.41, 5.74) is 1.16. The summed E-state index contributed by atoms with van der Waals surface area (Å²) in [5.74, 6) is 1.33. The molecule has 1 spiro atoms. The number of sulfonamides is 1. The molecule has 0 saturated carbocycles. The smallest absolute Gasteiger partial charge is 0.211 e. The lowest BCUT2D eigenvalue weighted by molar-refractivity contribution is -0.181. The van der Waals surface area contributed by atoms with Crippen LogP contribution in [0.1, 0.15) is 25.3 Å². The number of hydrogen-bond donors (Lipinski definition) is 1. The molecule has 2 heterocycles. The highest BCUT2D eigenvalue weighted by atomic mass is 32.2. The molecule has 0 radical (unpaired) electrons. The van der Waals surface area contributed by atoms with Gasteiger partial charge in [-0.3, -0.25) is 4.90 Å². The van der Waals surface area contributed by atoms with Crippen LogP contribution in [0.4, 0.5) is 0 Å². The van der Waals surface area contributed by atoms with Crippen molar-refractivity contribution in [2.24, 2.45) is 5.92 Å². The highest BCUT2D eigenvalue weighted by Gasteiger charge is 2.46. The highest BCUT2D eigenvalue weighted by Crippen LogP contribution is 2.37. The van der Waals surface area contributed by atoms with Crippen molar-refractivity contribution >= 4 is 10.0 Å². The topological polar surface area (TPSA) is 67.9 Å². The molecule has 3 rings (SSSR count). The van der Waals surface area contributed by atoms with Crippen molar-refractivity contribution in [3.63, 3.8) is 0 Å². The third-order valence-electron chi connectivity index (χ3n) is 5.22. The number of rotatable bonds is 7. The number of ether oxygens (including phenoxy) is 2. The molecule has 1 aromatic carbocycles. The summed E-state index contributed by atoms with van der Waals surface area (Å²) in [7, 11) is -1.41. The number of likely N-dealkylation sites (tertiary alicyclic amines) is 1. The third-order valence-corrected chi connectivity index (χ3v) is 6.58. The van der Waals surface area contributed by atoms with Crippen molar-refractivity contribution < 1.29 is 17.9 Å². The van der Waals surface area contributed by atoms with Crippen molar-refractivity contribution in [3.05, 3.63) is 29.8 Å². The Hall–Kier alpha value is -1.15. The Morgan fingerprint density at radius 2 is 2.12 bits per heavy atom. The van der Waals surface area contributed by atoms with E-state index in [1.165, 1.54) is 5.56 Å². The summed E-state index contributed by atoms with van der Waals surface area (Å²) in [4.78, 5) is 2.37. The fraction of sp³-hybridized carbons (Fsp3) is 0.667. The predicted molar refractivity (Wildman–Crippen MR) is 97.1 cm³/mol. The first-order valence-electron chi connectivity index (χ1n) is 8.91.